The molecule has 0 radical (unpaired) electrons. The quantitative estimate of drug-likeness (QED) is 0.0423. The van der Waals surface area contributed by atoms with Crippen LogP contribution in [0.2, 0.25) is 0 Å². The van der Waals surface area contributed by atoms with Crippen molar-refractivity contribution in [3.63, 3.8) is 0 Å². The summed E-state index contributed by atoms with van der Waals surface area (Å²) in [5.74, 6) is -2.44. The molecule has 4 saturated heterocycles. The van der Waals surface area contributed by atoms with Gasteiger partial charge in [0.15, 0.2) is 25.2 Å². The molecule has 342 valence electrons. The van der Waals surface area contributed by atoms with Crippen LogP contribution in [0.15, 0.2) is 0 Å². The average molecular weight is 895 g/mol. The van der Waals surface area contributed by atoms with Gasteiger partial charge >= 0.3 is 0 Å². The van der Waals surface area contributed by atoms with Crippen molar-refractivity contribution in [1.82, 2.24) is 0 Å². The van der Waals surface area contributed by atoms with Gasteiger partial charge in [0.05, 0.1) is 63.4 Å². The van der Waals surface area contributed by atoms with Gasteiger partial charge in [-0.15, -0.1) is 0 Å². The fourth-order valence-electron chi connectivity index (χ4n) is 6.63. The highest BCUT2D eigenvalue weighted by Gasteiger charge is 2.55. The normalized spacial score (nSPS) is 44.3. The lowest BCUT2D eigenvalue weighted by molar-refractivity contribution is -0.387. The van der Waals surface area contributed by atoms with Crippen LogP contribution >= 0.6 is 0 Å². The summed E-state index contributed by atoms with van der Waals surface area (Å²) in [4.78, 5) is 0. The van der Waals surface area contributed by atoms with Crippen LogP contribution in [0.4, 0.5) is 0 Å². The molecule has 4 rings (SSSR count). The highest BCUT2D eigenvalue weighted by molar-refractivity contribution is 7.86. The topological polar surface area (TPSA) is 403 Å². The molecular weight excluding hydrogens is 840 g/mol. The molecule has 4 fully saturated rings. The van der Waals surface area contributed by atoms with Crippen molar-refractivity contribution in [3.8, 4) is 0 Å². The van der Waals surface area contributed by atoms with E-state index in [9.17, 15) is 67.9 Å². The summed E-state index contributed by atoms with van der Waals surface area (Å²) in [5.41, 5.74) is 0. The maximum Gasteiger partial charge on any atom is 0.267 e. The third-order valence-corrected chi connectivity index (χ3v) is 11.4. The third kappa shape index (κ3) is 12.6. The predicted molar refractivity (Wildman–Crippen MR) is 182 cm³/mol. The van der Waals surface area contributed by atoms with Crippen molar-refractivity contribution in [2.45, 2.75) is 124 Å². The Bertz CT molecular complexity index is 1470. The Kier molecular flexibility index (Phi) is 18.3. The van der Waals surface area contributed by atoms with Crippen LogP contribution < -0.4 is 0 Å². The van der Waals surface area contributed by atoms with Crippen LogP contribution in [0.5, 0.6) is 0 Å². The van der Waals surface area contributed by atoms with Crippen molar-refractivity contribution < 1.29 is 124 Å². The first-order valence-corrected chi connectivity index (χ1v) is 21.2. The summed E-state index contributed by atoms with van der Waals surface area (Å²) in [5, 5.41) is 107. The molecule has 0 bridgehead atoms. The Hall–Kier alpha value is -0.980. The zero-order valence-corrected chi connectivity index (χ0v) is 32.7. The molecule has 26 nitrogen and oxygen atoms in total. The second kappa shape index (κ2) is 21.4. The number of methoxy groups -OCH3 is 1. The molecule has 0 aromatic heterocycles. The molecule has 0 aromatic rings. The third-order valence-electron chi connectivity index (χ3n) is 9.99. The lowest BCUT2D eigenvalue weighted by Gasteiger charge is -2.49. The molecule has 0 amide bonds. The van der Waals surface area contributed by atoms with E-state index in [4.69, 9.17) is 56.5 Å². The van der Waals surface area contributed by atoms with Gasteiger partial charge < -0.3 is 98.4 Å². The smallest absolute Gasteiger partial charge is 0.267 e. The molecule has 4 aliphatic heterocycles. The maximum absolute atomic E-state index is 11.3. The Labute approximate surface area is 332 Å². The molecule has 0 spiro atoms. The van der Waals surface area contributed by atoms with Crippen LogP contribution in [0, 0.1) is 5.92 Å². The first-order chi connectivity index (χ1) is 27.1. The van der Waals surface area contributed by atoms with Crippen molar-refractivity contribution in [2.75, 3.05) is 58.3 Å². The minimum atomic E-state index is -4.50. The molecule has 4 heterocycles. The molecule has 4 aliphatic rings. The van der Waals surface area contributed by atoms with Crippen LogP contribution in [0.3, 0.4) is 0 Å². The number of aliphatic hydroxyl groups is 10. The maximum atomic E-state index is 11.3. The first-order valence-electron chi connectivity index (χ1n) is 17.9. The van der Waals surface area contributed by atoms with E-state index >= 15 is 0 Å². The summed E-state index contributed by atoms with van der Waals surface area (Å²) >= 11 is 0. The predicted octanol–water partition coefficient (Wildman–Crippen LogP) is -8.00. The van der Waals surface area contributed by atoms with Crippen molar-refractivity contribution in [1.29, 1.82) is 0 Å². The molecule has 58 heavy (non-hydrogen) atoms. The van der Waals surface area contributed by atoms with E-state index in [-0.39, 0.29) is 6.61 Å². The molecule has 8 unspecified atom stereocenters. The van der Waals surface area contributed by atoms with Gasteiger partial charge in [0.25, 0.3) is 20.2 Å². The summed E-state index contributed by atoms with van der Waals surface area (Å²) in [6, 6.07) is 0. The van der Waals surface area contributed by atoms with Crippen LogP contribution in [0.25, 0.3) is 0 Å². The average Bonchev–Trinajstić information content (AvgIpc) is 3.16. The van der Waals surface area contributed by atoms with Gasteiger partial charge in [-0.2, -0.15) is 16.8 Å². The molecule has 0 aliphatic carbocycles. The summed E-state index contributed by atoms with van der Waals surface area (Å²) in [6.45, 7) is -2.36. The number of ether oxygens (including phenoxy) is 10. The number of hydrogen-bond donors (Lipinski definition) is 12. The van der Waals surface area contributed by atoms with E-state index in [0.717, 1.165) is 7.11 Å². The van der Waals surface area contributed by atoms with E-state index in [1.54, 1.807) is 0 Å². The van der Waals surface area contributed by atoms with Crippen molar-refractivity contribution in [3.05, 3.63) is 0 Å². The summed E-state index contributed by atoms with van der Waals surface area (Å²) in [6.07, 6.45) is -32.8. The van der Waals surface area contributed by atoms with E-state index < -0.39 is 187 Å². The second-order valence-corrected chi connectivity index (χ2v) is 17.2. The van der Waals surface area contributed by atoms with Crippen LogP contribution in [-0.4, -0.2) is 252 Å². The van der Waals surface area contributed by atoms with E-state index in [1.165, 1.54) is 6.92 Å². The molecule has 20 atom stereocenters. The fourth-order valence-corrected chi connectivity index (χ4v) is 7.29. The van der Waals surface area contributed by atoms with Crippen LogP contribution in [-0.2, 0) is 67.6 Å². The van der Waals surface area contributed by atoms with Gasteiger partial charge in [-0.1, -0.05) is 6.92 Å². The van der Waals surface area contributed by atoms with Gasteiger partial charge in [0.1, 0.15) is 79.4 Å². The van der Waals surface area contributed by atoms with Gasteiger partial charge in [0, 0.05) is 13.0 Å². The lowest BCUT2D eigenvalue weighted by Crippen LogP contribution is -2.67. The van der Waals surface area contributed by atoms with Crippen molar-refractivity contribution >= 4 is 20.2 Å². The molecule has 0 saturated carbocycles. The van der Waals surface area contributed by atoms with E-state index in [1.807, 2.05) is 0 Å². The Morgan fingerprint density at radius 2 is 0.810 bits per heavy atom. The lowest BCUT2D eigenvalue weighted by atomic mass is 9.90. The number of aliphatic hydroxyl groups excluding tert-OH is 10. The fraction of sp³-hybridized carbons (Fsp3) is 1.00. The van der Waals surface area contributed by atoms with E-state index in [2.05, 4.69) is 0 Å². The van der Waals surface area contributed by atoms with Gasteiger partial charge in [-0.3, -0.25) is 9.11 Å². The molecule has 28 heteroatoms. The Balaban J connectivity index is 1.48. The summed E-state index contributed by atoms with van der Waals surface area (Å²) < 4.78 is 118. The van der Waals surface area contributed by atoms with Crippen molar-refractivity contribution in [2.24, 2.45) is 5.92 Å². The monoisotopic (exact) mass is 894 g/mol. The highest BCUT2D eigenvalue weighted by atomic mass is 32.2. The standard InChI is InChI=1S/C30H54O26S2/c1-11-14(9-48-3-5-57(41,42)43)52-28(20(37)16(11)33)54-25-13(8-32)51-29(22(39)18(25)35)56-26-15(10-49-4-6-58(44,45)46)53-30(23(40)19(26)36)55-24-12(7-31)50-27(47-2)21(38)17(24)34/h11-40H,3-10H2,1-2H3,(H,41,42,43)(H,44,45,46)/t11-,12?,13?,14?,15?,16+,17-,18-,19-,20?,21?,22?,23?,24+,25+,26+,27-,28+,29+,30+/m0/s1. The minimum Gasteiger partial charge on any atom is -0.394 e. The molecule has 12 N–H and O–H groups in total. The van der Waals surface area contributed by atoms with E-state index in [0.29, 0.717) is 0 Å². The minimum absolute atomic E-state index is 0.344. The first kappa shape index (κ1) is 49.7. The largest absolute Gasteiger partial charge is 0.394 e. The zero-order valence-electron chi connectivity index (χ0n) is 31.1. The zero-order chi connectivity index (χ0) is 43.3. The Morgan fingerprint density at radius 3 is 1.21 bits per heavy atom. The Morgan fingerprint density at radius 1 is 0.483 bits per heavy atom. The van der Waals surface area contributed by atoms with Gasteiger partial charge in [-0.05, 0) is 0 Å². The second-order valence-electron chi connectivity index (χ2n) is 14.1. The SMILES string of the molecule is CO[C@H]1OC(CO)[C@@H](O[C@H]2OC(COCCS(=O)(=O)O)[C@@H](O[C@H]3OC(CO)[C@@H](O[C@H]4OC(COCCS(=O)(=O)O)[C@H](C)[C@@H](O)C4O)[C@@H](O)C3O)[C@@H](O)C2O)[C@@H](O)C1O. The number of rotatable bonds is 19. The molecule has 0 aromatic carbocycles. The molecular formula is C30H54O26S2. The van der Waals surface area contributed by atoms with Crippen LogP contribution in [0.1, 0.15) is 6.92 Å². The highest BCUT2D eigenvalue weighted by Crippen LogP contribution is 2.35. The summed E-state index contributed by atoms with van der Waals surface area (Å²) in [7, 11) is -7.69. The van der Waals surface area contributed by atoms with Gasteiger partial charge in [0.2, 0.25) is 0 Å². The number of hydrogen-bond acceptors (Lipinski definition) is 24. The van der Waals surface area contributed by atoms with Gasteiger partial charge in [-0.25, -0.2) is 0 Å².